The van der Waals surface area contributed by atoms with Gasteiger partial charge in [0.25, 0.3) is 0 Å². The summed E-state index contributed by atoms with van der Waals surface area (Å²) in [5.74, 6) is 0.746. The smallest absolute Gasteiger partial charge is 0.200 e. The van der Waals surface area contributed by atoms with Gasteiger partial charge in [0.15, 0.2) is 5.82 Å². The lowest BCUT2D eigenvalue weighted by atomic mass is 10.0. The van der Waals surface area contributed by atoms with E-state index in [9.17, 15) is 12.8 Å². The third kappa shape index (κ3) is 2.54. The van der Waals surface area contributed by atoms with Crippen LogP contribution in [0.15, 0.2) is 47.0 Å². The third-order valence-electron chi connectivity index (χ3n) is 5.42. The molecular formula is C20H14FN5O2S. The molecule has 3 heterocycles. The minimum Gasteiger partial charge on any atom is -0.322 e. The van der Waals surface area contributed by atoms with Gasteiger partial charge in [0.1, 0.15) is 18.0 Å². The molecule has 6 rings (SSSR count). The van der Waals surface area contributed by atoms with Crippen molar-refractivity contribution in [3.05, 3.63) is 53.4 Å². The minimum absolute atomic E-state index is 0.280. The van der Waals surface area contributed by atoms with Crippen LogP contribution in [0.3, 0.4) is 0 Å². The molecule has 7 nitrogen and oxygen atoms in total. The average molecular weight is 407 g/mol. The van der Waals surface area contributed by atoms with Gasteiger partial charge in [-0.05, 0) is 60.2 Å². The Labute approximate surface area is 164 Å². The molecule has 1 fully saturated rings. The number of hydrogen-bond acceptors (Lipinski definition) is 6. The molecule has 2 aromatic heterocycles. The number of H-pyrrole nitrogens is 1. The fourth-order valence-corrected chi connectivity index (χ4v) is 5.39. The lowest BCUT2D eigenvalue weighted by Gasteiger charge is -2.09. The van der Waals surface area contributed by atoms with Crippen molar-refractivity contribution in [2.24, 2.45) is 5.92 Å². The van der Waals surface area contributed by atoms with Crippen LogP contribution in [0.25, 0.3) is 27.4 Å². The van der Waals surface area contributed by atoms with Crippen LogP contribution in [0.1, 0.15) is 18.4 Å². The number of nitrogens with one attached hydrogen (secondary N) is 2. The molecule has 2 aromatic carbocycles. The molecular weight excluding hydrogens is 393 g/mol. The molecule has 0 atom stereocenters. The summed E-state index contributed by atoms with van der Waals surface area (Å²) in [4.78, 5) is 8.87. The minimum atomic E-state index is -3.49. The molecule has 2 aliphatic rings. The Morgan fingerprint density at radius 1 is 1.07 bits per heavy atom. The molecule has 1 aliphatic carbocycles. The first-order chi connectivity index (χ1) is 14.0. The van der Waals surface area contributed by atoms with Gasteiger partial charge in [-0.25, -0.2) is 22.8 Å². The number of halogens is 1. The Bertz CT molecular complexity index is 1470. The maximum absolute atomic E-state index is 13.7. The van der Waals surface area contributed by atoms with Crippen LogP contribution in [-0.2, 0) is 9.84 Å². The number of hydrogen-bond donors (Lipinski definition) is 2. The summed E-state index contributed by atoms with van der Waals surface area (Å²) in [6.45, 7) is 0. The maximum atomic E-state index is 13.7. The van der Waals surface area contributed by atoms with Crippen molar-refractivity contribution in [3.63, 3.8) is 0 Å². The number of fused-ring (bicyclic) bond motifs is 3. The zero-order chi connectivity index (χ0) is 19.8. The summed E-state index contributed by atoms with van der Waals surface area (Å²) >= 11 is 0. The van der Waals surface area contributed by atoms with Crippen molar-refractivity contribution in [2.75, 3.05) is 5.32 Å². The van der Waals surface area contributed by atoms with Crippen LogP contribution in [0.4, 0.5) is 16.0 Å². The number of aromatic nitrogens is 4. The summed E-state index contributed by atoms with van der Waals surface area (Å²) in [6.07, 6.45) is 3.44. The van der Waals surface area contributed by atoms with Crippen LogP contribution < -0.4 is 5.32 Å². The van der Waals surface area contributed by atoms with E-state index in [1.54, 1.807) is 12.1 Å². The van der Waals surface area contributed by atoms with Crippen LogP contribution >= 0.6 is 0 Å². The Hall–Kier alpha value is -3.33. The molecule has 0 radical (unpaired) electrons. The fourth-order valence-electron chi connectivity index (χ4n) is 3.84. The molecule has 2 N–H and O–H groups in total. The van der Waals surface area contributed by atoms with Crippen molar-refractivity contribution in [1.29, 1.82) is 0 Å². The van der Waals surface area contributed by atoms with Gasteiger partial charge in [-0.15, -0.1) is 0 Å². The van der Waals surface area contributed by atoms with E-state index in [0.717, 1.165) is 24.0 Å². The largest absolute Gasteiger partial charge is 0.322 e. The van der Waals surface area contributed by atoms with Gasteiger partial charge < -0.3 is 5.32 Å². The van der Waals surface area contributed by atoms with Crippen LogP contribution in [0.2, 0.25) is 0 Å². The van der Waals surface area contributed by atoms with Crippen molar-refractivity contribution in [3.8, 4) is 0 Å². The van der Waals surface area contributed by atoms with Gasteiger partial charge in [0.2, 0.25) is 9.84 Å². The van der Waals surface area contributed by atoms with E-state index in [1.807, 2.05) is 6.07 Å². The number of aromatic amines is 1. The molecule has 0 amide bonds. The molecule has 0 spiro atoms. The summed E-state index contributed by atoms with van der Waals surface area (Å²) in [6, 6.07) is 7.76. The second-order valence-electron chi connectivity index (χ2n) is 7.37. The van der Waals surface area contributed by atoms with Crippen LogP contribution in [-0.4, -0.2) is 28.6 Å². The first-order valence-corrected chi connectivity index (χ1v) is 10.7. The third-order valence-corrected chi connectivity index (χ3v) is 6.93. The normalized spacial score (nSPS) is 17.5. The molecule has 0 bridgehead atoms. The second kappa shape index (κ2) is 5.60. The SMILES string of the molecule is O=S1(=O)C=C(C2CC2)c2cc3ncnc(Nc4n[nH]c5ccc(F)cc45)c3cc21. The Morgan fingerprint density at radius 3 is 2.76 bits per heavy atom. The van der Waals surface area contributed by atoms with Crippen molar-refractivity contribution < 1.29 is 12.8 Å². The number of nitrogens with zero attached hydrogens (tertiary/aromatic N) is 3. The number of rotatable bonds is 3. The van der Waals surface area contributed by atoms with Gasteiger partial charge in [-0.3, -0.25) is 5.10 Å². The van der Waals surface area contributed by atoms with E-state index in [4.69, 9.17) is 0 Å². The van der Waals surface area contributed by atoms with Crippen LogP contribution in [0, 0.1) is 11.7 Å². The summed E-state index contributed by atoms with van der Waals surface area (Å²) in [5, 5.41) is 12.6. The summed E-state index contributed by atoms with van der Waals surface area (Å²) < 4.78 is 39.0. The number of allylic oxidation sites excluding steroid dienone is 1. The van der Waals surface area contributed by atoms with E-state index in [-0.39, 0.29) is 10.7 Å². The zero-order valence-electron chi connectivity index (χ0n) is 15.0. The monoisotopic (exact) mass is 407 g/mol. The molecule has 29 heavy (non-hydrogen) atoms. The Balaban J connectivity index is 1.51. The quantitative estimate of drug-likeness (QED) is 0.534. The van der Waals surface area contributed by atoms with E-state index < -0.39 is 9.84 Å². The topological polar surface area (TPSA) is 101 Å². The van der Waals surface area contributed by atoms with Gasteiger partial charge in [0, 0.05) is 16.2 Å². The standard InChI is InChI=1S/C20H14FN5O2S/c21-11-3-4-16-13(5-11)20(26-25-16)24-19-14-7-18-12(6-17(14)22-9-23-19)15(10-1-2-10)8-29(18,27)28/h3-10H,1-2H2,(H2,22,23,24,25,26). The van der Waals surface area contributed by atoms with Gasteiger partial charge >= 0.3 is 0 Å². The first-order valence-electron chi connectivity index (χ1n) is 9.16. The summed E-state index contributed by atoms with van der Waals surface area (Å²) in [5.41, 5.74) is 2.92. The number of benzene rings is 2. The molecule has 4 aromatic rings. The Morgan fingerprint density at radius 2 is 1.93 bits per heavy atom. The highest BCUT2D eigenvalue weighted by molar-refractivity contribution is 7.95. The highest BCUT2D eigenvalue weighted by Crippen LogP contribution is 2.49. The van der Waals surface area contributed by atoms with Crippen molar-refractivity contribution >= 4 is 48.9 Å². The predicted octanol–water partition coefficient (Wildman–Crippen LogP) is 3.93. The van der Waals surface area contributed by atoms with Gasteiger partial charge in [0.05, 0.1) is 15.9 Å². The number of sulfone groups is 1. The highest BCUT2D eigenvalue weighted by atomic mass is 32.2. The Kier molecular flexibility index (Phi) is 3.21. The first kappa shape index (κ1) is 16.6. The van der Waals surface area contributed by atoms with Gasteiger partial charge in [-0.1, -0.05) is 0 Å². The van der Waals surface area contributed by atoms with Crippen molar-refractivity contribution in [1.82, 2.24) is 20.2 Å². The lowest BCUT2D eigenvalue weighted by Crippen LogP contribution is -2.00. The van der Waals surface area contributed by atoms with E-state index in [2.05, 4.69) is 25.5 Å². The molecule has 0 saturated heterocycles. The highest BCUT2D eigenvalue weighted by Gasteiger charge is 2.36. The molecule has 1 saturated carbocycles. The van der Waals surface area contributed by atoms with E-state index in [0.29, 0.717) is 39.4 Å². The molecule has 1 aliphatic heterocycles. The van der Waals surface area contributed by atoms with E-state index in [1.165, 1.54) is 23.9 Å². The van der Waals surface area contributed by atoms with Crippen molar-refractivity contribution in [2.45, 2.75) is 17.7 Å². The molecule has 9 heteroatoms. The fraction of sp³-hybridized carbons (Fsp3) is 0.150. The van der Waals surface area contributed by atoms with Gasteiger partial charge in [-0.2, -0.15) is 5.10 Å². The maximum Gasteiger partial charge on any atom is 0.200 e. The van der Waals surface area contributed by atoms with Crippen LogP contribution in [0.5, 0.6) is 0 Å². The second-order valence-corrected chi connectivity index (χ2v) is 9.13. The predicted molar refractivity (Wildman–Crippen MR) is 107 cm³/mol. The number of anilines is 2. The summed E-state index contributed by atoms with van der Waals surface area (Å²) in [7, 11) is -3.49. The molecule has 0 unspecified atom stereocenters. The molecule has 144 valence electrons. The lowest BCUT2D eigenvalue weighted by molar-refractivity contribution is 0.605. The zero-order valence-corrected chi connectivity index (χ0v) is 15.8. The van der Waals surface area contributed by atoms with E-state index >= 15 is 0 Å². The average Bonchev–Trinajstić information content (AvgIpc) is 3.42.